The van der Waals surface area contributed by atoms with Crippen molar-refractivity contribution in [3.8, 4) is 5.75 Å². The average molecular weight is 340 g/mol. The number of piperidine rings is 1. The van der Waals surface area contributed by atoms with Crippen LogP contribution in [0, 0.1) is 0 Å². The Labute approximate surface area is 150 Å². The SMILES string of the molecule is CCOc1ccc(NC2CCN(Cc3ccccc3)CC2)cc1CO. The molecule has 2 aromatic carbocycles. The first kappa shape index (κ1) is 17.8. The molecular weight excluding hydrogens is 312 g/mol. The Kier molecular flexibility index (Phi) is 6.31. The molecule has 0 aromatic heterocycles. The minimum Gasteiger partial charge on any atom is -0.494 e. The van der Waals surface area contributed by atoms with E-state index in [1.807, 2.05) is 25.1 Å². The first-order chi connectivity index (χ1) is 12.3. The maximum atomic E-state index is 9.54. The number of likely N-dealkylation sites (tertiary alicyclic amines) is 1. The standard InChI is InChI=1S/C21H28N2O2/c1-2-25-21-9-8-20(14-18(21)16-24)22-19-10-12-23(13-11-19)15-17-6-4-3-5-7-17/h3-9,14,19,22,24H,2,10-13,15-16H2,1H3. The molecule has 0 atom stereocenters. The fourth-order valence-electron chi connectivity index (χ4n) is 3.40. The van der Waals surface area contributed by atoms with Crippen molar-refractivity contribution in [3.63, 3.8) is 0 Å². The average Bonchev–Trinajstić information content (AvgIpc) is 2.65. The molecule has 0 amide bonds. The normalized spacial score (nSPS) is 15.9. The Bertz CT molecular complexity index is 652. The van der Waals surface area contributed by atoms with E-state index in [0.29, 0.717) is 12.6 Å². The number of rotatable bonds is 7. The van der Waals surface area contributed by atoms with Crippen molar-refractivity contribution in [2.45, 2.75) is 39.0 Å². The largest absolute Gasteiger partial charge is 0.494 e. The zero-order valence-electron chi connectivity index (χ0n) is 14.9. The van der Waals surface area contributed by atoms with Crippen LogP contribution in [-0.2, 0) is 13.2 Å². The molecular formula is C21H28N2O2. The van der Waals surface area contributed by atoms with Gasteiger partial charge in [-0.2, -0.15) is 0 Å². The van der Waals surface area contributed by atoms with Gasteiger partial charge in [0.05, 0.1) is 13.2 Å². The number of aliphatic hydroxyl groups is 1. The minimum atomic E-state index is 0.000370. The van der Waals surface area contributed by atoms with Crippen LogP contribution in [0.4, 0.5) is 5.69 Å². The molecule has 1 fully saturated rings. The molecule has 0 aliphatic carbocycles. The lowest BCUT2D eigenvalue weighted by Gasteiger charge is -2.33. The fourth-order valence-corrected chi connectivity index (χ4v) is 3.40. The number of nitrogens with one attached hydrogen (secondary N) is 1. The highest BCUT2D eigenvalue weighted by molar-refractivity contribution is 5.51. The number of anilines is 1. The Hall–Kier alpha value is -2.04. The Balaban J connectivity index is 1.52. The van der Waals surface area contributed by atoms with Crippen molar-refractivity contribution < 1.29 is 9.84 Å². The zero-order valence-corrected chi connectivity index (χ0v) is 14.9. The molecule has 1 aliphatic heterocycles. The lowest BCUT2D eigenvalue weighted by molar-refractivity contribution is 0.211. The third-order valence-corrected chi connectivity index (χ3v) is 4.74. The molecule has 4 nitrogen and oxygen atoms in total. The summed E-state index contributed by atoms with van der Waals surface area (Å²) in [5.74, 6) is 0.772. The van der Waals surface area contributed by atoms with Crippen molar-refractivity contribution >= 4 is 5.69 Å². The second-order valence-electron chi connectivity index (χ2n) is 6.59. The summed E-state index contributed by atoms with van der Waals surface area (Å²) < 4.78 is 5.55. The van der Waals surface area contributed by atoms with Gasteiger partial charge in [0.2, 0.25) is 0 Å². The van der Waals surface area contributed by atoms with Gasteiger partial charge in [-0.15, -0.1) is 0 Å². The number of hydrogen-bond donors (Lipinski definition) is 2. The maximum Gasteiger partial charge on any atom is 0.124 e. The van der Waals surface area contributed by atoms with Crippen LogP contribution < -0.4 is 10.1 Å². The number of ether oxygens (including phenoxy) is 1. The summed E-state index contributed by atoms with van der Waals surface area (Å²) in [7, 11) is 0. The van der Waals surface area contributed by atoms with E-state index in [4.69, 9.17) is 4.74 Å². The van der Waals surface area contributed by atoms with Crippen molar-refractivity contribution in [2.24, 2.45) is 0 Å². The van der Waals surface area contributed by atoms with Gasteiger partial charge in [0, 0.05) is 36.9 Å². The van der Waals surface area contributed by atoms with Gasteiger partial charge in [-0.25, -0.2) is 0 Å². The number of benzene rings is 2. The first-order valence-electron chi connectivity index (χ1n) is 9.18. The first-order valence-corrected chi connectivity index (χ1v) is 9.18. The molecule has 0 saturated carbocycles. The molecule has 0 bridgehead atoms. The number of hydrogen-bond acceptors (Lipinski definition) is 4. The van der Waals surface area contributed by atoms with Gasteiger partial charge in [-0.3, -0.25) is 4.90 Å². The summed E-state index contributed by atoms with van der Waals surface area (Å²) in [5, 5.41) is 13.2. The summed E-state index contributed by atoms with van der Waals surface area (Å²) >= 11 is 0. The van der Waals surface area contributed by atoms with Gasteiger partial charge < -0.3 is 15.2 Å². The van der Waals surface area contributed by atoms with Gasteiger partial charge in [0.1, 0.15) is 5.75 Å². The van der Waals surface area contributed by atoms with Crippen LogP contribution in [0.3, 0.4) is 0 Å². The number of nitrogens with zero attached hydrogens (tertiary/aromatic N) is 1. The van der Waals surface area contributed by atoms with Crippen LogP contribution >= 0.6 is 0 Å². The van der Waals surface area contributed by atoms with Gasteiger partial charge in [-0.1, -0.05) is 30.3 Å². The molecule has 2 aromatic rings. The minimum absolute atomic E-state index is 0.000370. The van der Waals surface area contributed by atoms with Crippen LogP contribution in [0.5, 0.6) is 5.75 Å². The summed E-state index contributed by atoms with van der Waals surface area (Å²) in [4.78, 5) is 2.52. The summed E-state index contributed by atoms with van der Waals surface area (Å²) in [5.41, 5.74) is 3.29. The summed E-state index contributed by atoms with van der Waals surface area (Å²) in [6.07, 6.45) is 2.27. The van der Waals surface area contributed by atoms with Crippen LogP contribution in [0.25, 0.3) is 0 Å². The summed E-state index contributed by atoms with van der Waals surface area (Å²) in [6, 6.07) is 17.1. The third kappa shape index (κ3) is 4.97. The monoisotopic (exact) mass is 340 g/mol. The van der Waals surface area contributed by atoms with E-state index < -0.39 is 0 Å². The van der Waals surface area contributed by atoms with E-state index in [-0.39, 0.29) is 6.61 Å². The molecule has 1 heterocycles. The van der Waals surface area contributed by atoms with Gasteiger partial charge in [-0.05, 0) is 43.5 Å². The van der Waals surface area contributed by atoms with Crippen LogP contribution in [0.2, 0.25) is 0 Å². The van der Waals surface area contributed by atoms with E-state index in [9.17, 15) is 5.11 Å². The molecule has 0 radical (unpaired) electrons. The predicted molar refractivity (Wildman–Crippen MR) is 102 cm³/mol. The molecule has 0 unspecified atom stereocenters. The van der Waals surface area contributed by atoms with E-state index in [1.165, 1.54) is 5.56 Å². The van der Waals surface area contributed by atoms with Crippen molar-refractivity contribution in [2.75, 3.05) is 25.0 Å². The summed E-state index contributed by atoms with van der Waals surface area (Å²) in [6.45, 7) is 5.81. The second kappa shape index (κ2) is 8.88. The van der Waals surface area contributed by atoms with Crippen molar-refractivity contribution in [3.05, 3.63) is 59.7 Å². The maximum absolute atomic E-state index is 9.54. The topological polar surface area (TPSA) is 44.7 Å². The van der Waals surface area contributed by atoms with E-state index in [1.54, 1.807) is 0 Å². The highest BCUT2D eigenvalue weighted by atomic mass is 16.5. The van der Waals surface area contributed by atoms with E-state index in [2.05, 4.69) is 40.5 Å². The lowest BCUT2D eigenvalue weighted by atomic mass is 10.0. The zero-order chi connectivity index (χ0) is 17.5. The van der Waals surface area contributed by atoms with Gasteiger partial charge >= 0.3 is 0 Å². The number of aliphatic hydroxyl groups excluding tert-OH is 1. The van der Waals surface area contributed by atoms with Crippen LogP contribution in [-0.4, -0.2) is 35.7 Å². The molecule has 0 spiro atoms. The molecule has 134 valence electrons. The highest BCUT2D eigenvalue weighted by Gasteiger charge is 2.19. The van der Waals surface area contributed by atoms with E-state index in [0.717, 1.165) is 49.5 Å². The molecule has 1 saturated heterocycles. The molecule has 4 heteroatoms. The molecule has 25 heavy (non-hydrogen) atoms. The second-order valence-corrected chi connectivity index (χ2v) is 6.59. The molecule has 1 aliphatic rings. The quantitative estimate of drug-likeness (QED) is 0.807. The van der Waals surface area contributed by atoms with Crippen molar-refractivity contribution in [1.29, 1.82) is 0 Å². The highest BCUT2D eigenvalue weighted by Crippen LogP contribution is 2.25. The van der Waals surface area contributed by atoms with E-state index >= 15 is 0 Å². The van der Waals surface area contributed by atoms with Crippen molar-refractivity contribution in [1.82, 2.24) is 4.90 Å². The van der Waals surface area contributed by atoms with Crippen LogP contribution in [0.15, 0.2) is 48.5 Å². The van der Waals surface area contributed by atoms with Gasteiger partial charge in [0.25, 0.3) is 0 Å². The van der Waals surface area contributed by atoms with Crippen LogP contribution in [0.1, 0.15) is 30.9 Å². The Morgan fingerprint density at radius 1 is 1.12 bits per heavy atom. The third-order valence-electron chi connectivity index (χ3n) is 4.74. The Morgan fingerprint density at radius 2 is 1.88 bits per heavy atom. The predicted octanol–water partition coefficient (Wildman–Crippen LogP) is 3.65. The smallest absolute Gasteiger partial charge is 0.124 e. The lowest BCUT2D eigenvalue weighted by Crippen LogP contribution is -2.38. The molecule has 3 rings (SSSR count). The van der Waals surface area contributed by atoms with Gasteiger partial charge in [0.15, 0.2) is 0 Å². The fraction of sp³-hybridized carbons (Fsp3) is 0.429. The molecule has 2 N–H and O–H groups in total. The Morgan fingerprint density at radius 3 is 2.56 bits per heavy atom.